The van der Waals surface area contributed by atoms with Crippen molar-refractivity contribution in [3.8, 4) is 0 Å². The third kappa shape index (κ3) is 3.07. The largest absolute Gasteiger partial charge is 0.387 e. The highest BCUT2D eigenvalue weighted by molar-refractivity contribution is 6.31. The predicted octanol–water partition coefficient (Wildman–Crippen LogP) is 3.02. The molecule has 19 heavy (non-hydrogen) atoms. The summed E-state index contributed by atoms with van der Waals surface area (Å²) in [6.07, 6.45) is 1.66. The molecule has 0 aromatic heterocycles. The minimum atomic E-state index is -0.257. The van der Waals surface area contributed by atoms with Crippen LogP contribution in [0.25, 0.3) is 0 Å². The fraction of sp³-hybridized carbons (Fsp3) is 0.500. The van der Waals surface area contributed by atoms with Crippen molar-refractivity contribution in [3.63, 3.8) is 0 Å². The molecule has 1 aromatic rings. The zero-order valence-electron chi connectivity index (χ0n) is 11.0. The van der Waals surface area contributed by atoms with E-state index in [1.807, 2.05) is 6.92 Å². The molecule has 0 atom stereocenters. The molecule has 1 aromatic carbocycles. The monoisotopic (exact) mass is 283 g/mol. The van der Waals surface area contributed by atoms with E-state index < -0.39 is 0 Å². The van der Waals surface area contributed by atoms with Crippen LogP contribution in [0.5, 0.6) is 0 Å². The molecule has 1 aliphatic rings. The lowest BCUT2D eigenvalue weighted by atomic mass is 9.79. The number of piperidine rings is 1. The van der Waals surface area contributed by atoms with Gasteiger partial charge in [0.05, 0.1) is 5.84 Å². The molecule has 0 unspecified atom stereocenters. The Balaban J connectivity index is 2.02. The standard InChI is InChI=1S/C14H19ClFN3/c1-14(13(17)18)5-7-19(8-6-14)9-10-11(15)3-2-4-12(10)16/h2-4H,5-9H2,1H3,(H3,17,18). The summed E-state index contributed by atoms with van der Waals surface area (Å²) in [6, 6.07) is 4.76. The Kier molecular flexibility index (Phi) is 4.11. The van der Waals surface area contributed by atoms with Crippen LogP contribution in [0.1, 0.15) is 25.3 Å². The zero-order chi connectivity index (χ0) is 14.0. The third-order valence-corrected chi connectivity index (χ3v) is 4.41. The number of nitrogens with one attached hydrogen (secondary N) is 1. The van der Waals surface area contributed by atoms with Gasteiger partial charge in [0.2, 0.25) is 0 Å². The summed E-state index contributed by atoms with van der Waals surface area (Å²) >= 11 is 6.03. The Morgan fingerprint density at radius 1 is 1.47 bits per heavy atom. The van der Waals surface area contributed by atoms with Gasteiger partial charge < -0.3 is 5.73 Å². The van der Waals surface area contributed by atoms with E-state index in [0.29, 0.717) is 17.1 Å². The minimum Gasteiger partial charge on any atom is -0.387 e. The lowest BCUT2D eigenvalue weighted by Gasteiger charge is -2.38. The fourth-order valence-electron chi connectivity index (χ4n) is 2.38. The number of hydrogen-bond donors (Lipinski definition) is 2. The van der Waals surface area contributed by atoms with Crippen molar-refractivity contribution >= 4 is 17.4 Å². The van der Waals surface area contributed by atoms with Crippen LogP contribution in [0.3, 0.4) is 0 Å². The molecular formula is C14H19ClFN3. The highest BCUT2D eigenvalue weighted by atomic mass is 35.5. The van der Waals surface area contributed by atoms with Gasteiger partial charge in [0.1, 0.15) is 5.82 Å². The zero-order valence-corrected chi connectivity index (χ0v) is 11.8. The van der Waals surface area contributed by atoms with E-state index in [2.05, 4.69) is 4.90 Å². The van der Waals surface area contributed by atoms with Crippen LogP contribution in [-0.2, 0) is 6.54 Å². The maximum absolute atomic E-state index is 13.7. The van der Waals surface area contributed by atoms with E-state index in [0.717, 1.165) is 25.9 Å². The van der Waals surface area contributed by atoms with Gasteiger partial charge in [-0.25, -0.2) is 4.39 Å². The molecule has 104 valence electrons. The van der Waals surface area contributed by atoms with Gasteiger partial charge in [-0.1, -0.05) is 24.6 Å². The molecule has 2 rings (SSSR count). The van der Waals surface area contributed by atoms with Crippen molar-refractivity contribution < 1.29 is 4.39 Å². The molecule has 3 nitrogen and oxygen atoms in total. The Morgan fingerprint density at radius 3 is 2.63 bits per heavy atom. The lowest BCUT2D eigenvalue weighted by molar-refractivity contribution is 0.154. The molecule has 0 amide bonds. The molecule has 0 saturated carbocycles. The number of nitrogens with two attached hydrogens (primary N) is 1. The van der Waals surface area contributed by atoms with Gasteiger partial charge in [0.15, 0.2) is 0 Å². The average Bonchev–Trinajstić information content (AvgIpc) is 2.36. The minimum absolute atomic E-state index is 0.213. The normalized spacial score (nSPS) is 19.3. The van der Waals surface area contributed by atoms with Crippen LogP contribution in [0.4, 0.5) is 4.39 Å². The Morgan fingerprint density at radius 2 is 2.11 bits per heavy atom. The number of likely N-dealkylation sites (tertiary alicyclic amines) is 1. The van der Waals surface area contributed by atoms with Crippen molar-refractivity contribution in [2.75, 3.05) is 13.1 Å². The smallest absolute Gasteiger partial charge is 0.129 e. The second kappa shape index (κ2) is 5.47. The topological polar surface area (TPSA) is 53.1 Å². The van der Waals surface area contributed by atoms with E-state index >= 15 is 0 Å². The van der Waals surface area contributed by atoms with E-state index in [-0.39, 0.29) is 17.1 Å². The second-order valence-electron chi connectivity index (χ2n) is 5.45. The molecule has 0 bridgehead atoms. The van der Waals surface area contributed by atoms with Gasteiger partial charge in [-0.3, -0.25) is 10.3 Å². The van der Waals surface area contributed by atoms with Crippen molar-refractivity contribution in [1.29, 1.82) is 5.41 Å². The van der Waals surface area contributed by atoms with E-state index in [1.165, 1.54) is 6.07 Å². The lowest BCUT2D eigenvalue weighted by Crippen LogP contribution is -2.44. The van der Waals surface area contributed by atoms with Crippen LogP contribution in [0.15, 0.2) is 18.2 Å². The van der Waals surface area contributed by atoms with Crippen LogP contribution in [0.2, 0.25) is 5.02 Å². The molecule has 0 aliphatic carbocycles. The van der Waals surface area contributed by atoms with Gasteiger partial charge in [-0.05, 0) is 38.1 Å². The van der Waals surface area contributed by atoms with Crippen LogP contribution < -0.4 is 5.73 Å². The first-order valence-corrected chi connectivity index (χ1v) is 6.80. The van der Waals surface area contributed by atoms with Crippen molar-refractivity contribution in [1.82, 2.24) is 4.90 Å². The summed E-state index contributed by atoms with van der Waals surface area (Å²) in [6.45, 7) is 4.14. The number of amidine groups is 1. The fourth-order valence-corrected chi connectivity index (χ4v) is 2.60. The highest BCUT2D eigenvalue weighted by Gasteiger charge is 2.33. The molecule has 1 heterocycles. The summed E-state index contributed by atoms with van der Waals surface area (Å²) in [5.41, 5.74) is 5.97. The third-order valence-electron chi connectivity index (χ3n) is 4.05. The summed E-state index contributed by atoms with van der Waals surface area (Å²) in [7, 11) is 0. The maximum Gasteiger partial charge on any atom is 0.129 e. The Hall–Kier alpha value is -1.13. The van der Waals surface area contributed by atoms with Crippen molar-refractivity contribution in [3.05, 3.63) is 34.6 Å². The van der Waals surface area contributed by atoms with E-state index in [4.69, 9.17) is 22.7 Å². The SMILES string of the molecule is CC1(C(=N)N)CCN(Cc2c(F)cccc2Cl)CC1. The Labute approximate surface area is 118 Å². The first kappa shape index (κ1) is 14.3. The van der Waals surface area contributed by atoms with Gasteiger partial charge in [-0.15, -0.1) is 0 Å². The molecule has 3 N–H and O–H groups in total. The summed E-state index contributed by atoms with van der Waals surface area (Å²) in [5.74, 6) is -0.0107. The molecule has 1 aliphatic heterocycles. The molecule has 0 radical (unpaired) electrons. The van der Waals surface area contributed by atoms with Gasteiger partial charge in [0.25, 0.3) is 0 Å². The summed E-state index contributed by atoms with van der Waals surface area (Å²) in [4.78, 5) is 2.16. The predicted molar refractivity (Wildman–Crippen MR) is 75.9 cm³/mol. The number of nitrogens with zero attached hydrogens (tertiary/aromatic N) is 1. The molecule has 1 saturated heterocycles. The van der Waals surface area contributed by atoms with E-state index in [9.17, 15) is 4.39 Å². The van der Waals surface area contributed by atoms with Crippen LogP contribution >= 0.6 is 11.6 Å². The molecule has 0 spiro atoms. The summed E-state index contributed by atoms with van der Waals surface area (Å²) < 4.78 is 13.7. The second-order valence-corrected chi connectivity index (χ2v) is 5.86. The quantitative estimate of drug-likeness (QED) is 0.662. The highest BCUT2D eigenvalue weighted by Crippen LogP contribution is 2.32. The average molecular weight is 284 g/mol. The first-order chi connectivity index (χ1) is 8.92. The maximum atomic E-state index is 13.7. The van der Waals surface area contributed by atoms with Crippen LogP contribution in [-0.4, -0.2) is 23.8 Å². The van der Waals surface area contributed by atoms with Crippen molar-refractivity contribution in [2.45, 2.75) is 26.3 Å². The number of rotatable bonds is 3. The van der Waals surface area contributed by atoms with Gasteiger partial charge >= 0.3 is 0 Å². The Bertz CT molecular complexity index is 461. The molecular weight excluding hydrogens is 265 g/mol. The number of hydrogen-bond acceptors (Lipinski definition) is 2. The van der Waals surface area contributed by atoms with Gasteiger partial charge in [0, 0.05) is 22.5 Å². The van der Waals surface area contributed by atoms with E-state index in [1.54, 1.807) is 12.1 Å². The van der Waals surface area contributed by atoms with Crippen LogP contribution in [0, 0.1) is 16.6 Å². The first-order valence-electron chi connectivity index (χ1n) is 6.42. The molecule has 5 heteroatoms. The molecule has 1 fully saturated rings. The number of benzene rings is 1. The number of halogens is 2. The summed E-state index contributed by atoms with van der Waals surface area (Å²) in [5, 5.41) is 8.09. The van der Waals surface area contributed by atoms with Crippen molar-refractivity contribution in [2.24, 2.45) is 11.1 Å². The van der Waals surface area contributed by atoms with Gasteiger partial charge in [-0.2, -0.15) is 0 Å².